The number of nitrogen functional groups attached to an aromatic ring is 1. The fourth-order valence-electron chi connectivity index (χ4n) is 1.56. The third kappa shape index (κ3) is 2.43. The molecular formula is C11H22N4. The van der Waals surface area contributed by atoms with E-state index in [9.17, 15) is 0 Å². The number of nitrogens with two attached hydrogens (primary N) is 1. The normalized spacial score (nSPS) is 15.0. The fraction of sp³-hybridized carbons (Fsp3) is 0.727. The van der Waals surface area contributed by atoms with Crippen LogP contribution in [0.25, 0.3) is 0 Å². The summed E-state index contributed by atoms with van der Waals surface area (Å²) in [6.07, 6.45) is 1.16. The first-order valence-electron chi connectivity index (χ1n) is 5.53. The number of hydrogen-bond acceptors (Lipinski definition) is 3. The van der Waals surface area contributed by atoms with Gasteiger partial charge in [-0.2, -0.15) is 5.10 Å². The lowest BCUT2D eigenvalue weighted by Crippen LogP contribution is -2.25. The summed E-state index contributed by atoms with van der Waals surface area (Å²) in [5.74, 6) is 1.56. The van der Waals surface area contributed by atoms with Crippen molar-refractivity contribution in [2.75, 3.05) is 11.1 Å². The fourth-order valence-corrected chi connectivity index (χ4v) is 1.56. The van der Waals surface area contributed by atoms with Crippen molar-refractivity contribution in [3.8, 4) is 0 Å². The van der Waals surface area contributed by atoms with Gasteiger partial charge in [-0.1, -0.05) is 20.3 Å². The molecule has 0 fully saturated rings. The maximum Gasteiger partial charge on any atom is 0.147 e. The average Bonchev–Trinajstić information content (AvgIpc) is 2.43. The molecule has 0 aliphatic heterocycles. The Balaban J connectivity index is 2.80. The van der Waals surface area contributed by atoms with Crippen LogP contribution >= 0.6 is 0 Å². The SMILES string of the molecule is CCC(C)C(C)Nc1c(N)c(C)nn1C. The summed E-state index contributed by atoms with van der Waals surface area (Å²) in [6.45, 7) is 8.53. The van der Waals surface area contributed by atoms with Crippen LogP contribution in [0, 0.1) is 12.8 Å². The number of nitrogens with one attached hydrogen (secondary N) is 1. The summed E-state index contributed by atoms with van der Waals surface area (Å²) >= 11 is 0. The zero-order chi connectivity index (χ0) is 11.6. The van der Waals surface area contributed by atoms with Gasteiger partial charge in [-0.25, -0.2) is 0 Å². The molecule has 4 heteroatoms. The first-order valence-corrected chi connectivity index (χ1v) is 5.53. The summed E-state index contributed by atoms with van der Waals surface area (Å²) in [5, 5.41) is 7.70. The largest absolute Gasteiger partial charge is 0.394 e. The van der Waals surface area contributed by atoms with E-state index in [0.717, 1.165) is 23.6 Å². The van der Waals surface area contributed by atoms with Crippen LogP contribution in [0.4, 0.5) is 11.5 Å². The van der Waals surface area contributed by atoms with E-state index >= 15 is 0 Å². The van der Waals surface area contributed by atoms with Crippen molar-refractivity contribution >= 4 is 11.5 Å². The van der Waals surface area contributed by atoms with E-state index in [2.05, 4.69) is 31.2 Å². The molecule has 2 atom stereocenters. The minimum absolute atomic E-state index is 0.409. The third-order valence-electron chi connectivity index (χ3n) is 3.13. The van der Waals surface area contributed by atoms with E-state index in [1.54, 1.807) is 0 Å². The van der Waals surface area contributed by atoms with E-state index in [0.29, 0.717) is 12.0 Å². The smallest absolute Gasteiger partial charge is 0.147 e. The average molecular weight is 210 g/mol. The van der Waals surface area contributed by atoms with Crippen molar-refractivity contribution < 1.29 is 0 Å². The van der Waals surface area contributed by atoms with E-state index in [1.807, 2.05) is 18.7 Å². The molecule has 1 aromatic heterocycles. The molecule has 0 bridgehead atoms. The molecule has 0 spiro atoms. The topological polar surface area (TPSA) is 55.9 Å². The van der Waals surface area contributed by atoms with Crippen molar-refractivity contribution in [3.05, 3.63) is 5.69 Å². The highest BCUT2D eigenvalue weighted by molar-refractivity contribution is 5.64. The van der Waals surface area contributed by atoms with Gasteiger partial charge >= 0.3 is 0 Å². The number of aromatic nitrogens is 2. The predicted octanol–water partition coefficient (Wildman–Crippen LogP) is 2.16. The molecule has 4 nitrogen and oxygen atoms in total. The second-order valence-electron chi connectivity index (χ2n) is 4.29. The van der Waals surface area contributed by atoms with Crippen LogP contribution in [0.5, 0.6) is 0 Å². The first-order chi connectivity index (χ1) is 6.97. The molecule has 0 aliphatic rings. The van der Waals surface area contributed by atoms with Crippen LogP contribution in [0.3, 0.4) is 0 Å². The molecule has 86 valence electrons. The first kappa shape index (κ1) is 11.9. The number of anilines is 2. The quantitative estimate of drug-likeness (QED) is 0.800. The van der Waals surface area contributed by atoms with Crippen molar-refractivity contribution in [1.82, 2.24) is 9.78 Å². The van der Waals surface area contributed by atoms with Gasteiger partial charge in [0.25, 0.3) is 0 Å². The van der Waals surface area contributed by atoms with E-state index in [4.69, 9.17) is 5.73 Å². The van der Waals surface area contributed by atoms with E-state index in [1.165, 1.54) is 0 Å². The van der Waals surface area contributed by atoms with Gasteiger partial charge in [0.2, 0.25) is 0 Å². The van der Waals surface area contributed by atoms with Crippen molar-refractivity contribution in [1.29, 1.82) is 0 Å². The Labute approximate surface area is 91.8 Å². The van der Waals surface area contributed by atoms with Crippen LogP contribution in [0.1, 0.15) is 32.9 Å². The van der Waals surface area contributed by atoms with Crippen molar-refractivity contribution in [2.24, 2.45) is 13.0 Å². The van der Waals surface area contributed by atoms with Gasteiger partial charge in [0.1, 0.15) is 5.82 Å². The lowest BCUT2D eigenvalue weighted by Gasteiger charge is -2.21. The van der Waals surface area contributed by atoms with Gasteiger partial charge in [-0.05, 0) is 19.8 Å². The third-order valence-corrected chi connectivity index (χ3v) is 3.13. The highest BCUT2D eigenvalue weighted by atomic mass is 15.3. The molecule has 15 heavy (non-hydrogen) atoms. The lowest BCUT2D eigenvalue weighted by atomic mass is 10.0. The maximum absolute atomic E-state index is 5.95. The molecule has 3 N–H and O–H groups in total. The Morgan fingerprint density at radius 3 is 2.47 bits per heavy atom. The second kappa shape index (κ2) is 4.55. The Morgan fingerprint density at radius 1 is 1.47 bits per heavy atom. The number of nitrogens with zero attached hydrogens (tertiary/aromatic N) is 2. The molecule has 2 unspecified atom stereocenters. The summed E-state index contributed by atoms with van der Waals surface area (Å²) < 4.78 is 1.81. The zero-order valence-electron chi connectivity index (χ0n) is 10.3. The molecule has 0 amide bonds. The minimum Gasteiger partial charge on any atom is -0.394 e. The molecule has 0 saturated heterocycles. The monoisotopic (exact) mass is 210 g/mol. The van der Waals surface area contributed by atoms with Gasteiger partial charge in [0.15, 0.2) is 0 Å². The predicted molar refractivity (Wildman–Crippen MR) is 64.9 cm³/mol. The van der Waals surface area contributed by atoms with Crippen LogP contribution in [-0.2, 0) is 7.05 Å². The molecule has 1 rings (SSSR count). The highest BCUT2D eigenvalue weighted by Crippen LogP contribution is 2.23. The zero-order valence-corrected chi connectivity index (χ0v) is 10.3. The van der Waals surface area contributed by atoms with Crippen LogP contribution < -0.4 is 11.1 Å². The van der Waals surface area contributed by atoms with E-state index in [-0.39, 0.29) is 0 Å². The highest BCUT2D eigenvalue weighted by Gasteiger charge is 2.15. The Kier molecular flexibility index (Phi) is 3.61. The van der Waals surface area contributed by atoms with Gasteiger partial charge in [0.05, 0.1) is 11.4 Å². The van der Waals surface area contributed by atoms with Gasteiger partial charge < -0.3 is 11.1 Å². The summed E-state index contributed by atoms with van der Waals surface area (Å²) in [6, 6.07) is 0.409. The van der Waals surface area contributed by atoms with Crippen LogP contribution in [-0.4, -0.2) is 15.8 Å². The Hall–Kier alpha value is -1.19. The van der Waals surface area contributed by atoms with Gasteiger partial charge in [0, 0.05) is 13.1 Å². The summed E-state index contributed by atoms with van der Waals surface area (Å²) in [4.78, 5) is 0. The summed E-state index contributed by atoms with van der Waals surface area (Å²) in [5.41, 5.74) is 7.59. The lowest BCUT2D eigenvalue weighted by molar-refractivity contribution is 0.491. The summed E-state index contributed by atoms with van der Waals surface area (Å²) in [7, 11) is 1.91. The Morgan fingerprint density at radius 2 is 2.07 bits per heavy atom. The molecule has 1 heterocycles. The second-order valence-corrected chi connectivity index (χ2v) is 4.29. The number of hydrogen-bond donors (Lipinski definition) is 2. The number of rotatable bonds is 4. The van der Waals surface area contributed by atoms with Gasteiger partial charge in [-0.3, -0.25) is 4.68 Å². The minimum atomic E-state index is 0.409. The molecule has 0 aliphatic carbocycles. The molecule has 0 aromatic carbocycles. The maximum atomic E-state index is 5.95. The molecular weight excluding hydrogens is 188 g/mol. The van der Waals surface area contributed by atoms with Crippen molar-refractivity contribution in [2.45, 2.75) is 40.2 Å². The Bertz CT molecular complexity index is 330. The number of aryl methyl sites for hydroxylation is 2. The van der Waals surface area contributed by atoms with Crippen LogP contribution in [0.2, 0.25) is 0 Å². The standard InChI is InChI=1S/C11H22N4/c1-6-7(2)8(3)13-11-10(12)9(4)14-15(11)5/h7-8,13H,6,12H2,1-5H3. The molecule has 1 aromatic rings. The molecule has 0 saturated carbocycles. The van der Waals surface area contributed by atoms with Crippen LogP contribution in [0.15, 0.2) is 0 Å². The van der Waals surface area contributed by atoms with E-state index < -0.39 is 0 Å². The van der Waals surface area contributed by atoms with Crippen molar-refractivity contribution in [3.63, 3.8) is 0 Å². The molecule has 0 radical (unpaired) electrons. The van der Waals surface area contributed by atoms with Gasteiger partial charge in [-0.15, -0.1) is 0 Å².